The van der Waals surface area contributed by atoms with Gasteiger partial charge in [-0.25, -0.2) is 0 Å². The Kier molecular flexibility index (Phi) is 5.83. The molecule has 1 aliphatic rings. The summed E-state index contributed by atoms with van der Waals surface area (Å²) in [5.74, 6) is 0.818. The normalized spacial score (nSPS) is 28.2. The lowest BCUT2D eigenvalue weighted by Crippen LogP contribution is -2.30. The lowest BCUT2D eigenvalue weighted by molar-refractivity contribution is -0.143. The van der Waals surface area contributed by atoms with E-state index >= 15 is 0 Å². The van der Waals surface area contributed by atoms with Gasteiger partial charge in [-0.1, -0.05) is 20.3 Å². The maximum atomic E-state index is 11.6. The van der Waals surface area contributed by atoms with Crippen molar-refractivity contribution in [2.45, 2.75) is 65.7 Å². The molecule has 18 heavy (non-hydrogen) atoms. The number of hydrogen-bond donors (Lipinski definition) is 0. The van der Waals surface area contributed by atoms with Crippen LogP contribution in [-0.4, -0.2) is 18.4 Å². The van der Waals surface area contributed by atoms with Gasteiger partial charge in [-0.3, -0.25) is 9.59 Å². The summed E-state index contributed by atoms with van der Waals surface area (Å²) >= 11 is 0. The van der Waals surface area contributed by atoms with Crippen LogP contribution in [0.25, 0.3) is 0 Å². The number of ketones is 1. The third kappa shape index (κ3) is 5.19. The van der Waals surface area contributed by atoms with Crippen LogP contribution in [0.3, 0.4) is 0 Å². The molecule has 0 aromatic carbocycles. The van der Waals surface area contributed by atoms with Gasteiger partial charge < -0.3 is 4.74 Å². The molecule has 3 heteroatoms. The van der Waals surface area contributed by atoms with Gasteiger partial charge in [0.2, 0.25) is 0 Å². The lowest BCUT2D eigenvalue weighted by atomic mass is 9.68. The molecule has 0 radical (unpaired) electrons. The molecule has 104 valence electrons. The molecule has 1 rings (SSSR count). The molecular formula is C15H26O3. The highest BCUT2D eigenvalue weighted by atomic mass is 16.5. The fraction of sp³-hybridized carbons (Fsp3) is 0.867. The molecule has 3 nitrogen and oxygen atoms in total. The van der Waals surface area contributed by atoms with E-state index in [1.807, 2.05) is 6.92 Å². The van der Waals surface area contributed by atoms with Crippen molar-refractivity contribution in [1.29, 1.82) is 0 Å². The minimum Gasteiger partial charge on any atom is -0.466 e. The molecule has 0 aromatic rings. The van der Waals surface area contributed by atoms with Crippen molar-refractivity contribution < 1.29 is 14.3 Å². The second kappa shape index (κ2) is 6.91. The number of carbonyl (C=O) groups excluding carboxylic acids is 2. The van der Waals surface area contributed by atoms with Gasteiger partial charge >= 0.3 is 5.97 Å². The minimum atomic E-state index is -0.101. The van der Waals surface area contributed by atoms with Crippen molar-refractivity contribution in [2.75, 3.05) is 6.61 Å². The zero-order chi connectivity index (χ0) is 13.6. The predicted octanol–water partition coefficient (Wildman–Crippen LogP) is 3.51. The van der Waals surface area contributed by atoms with Crippen molar-refractivity contribution in [3.63, 3.8) is 0 Å². The number of hydrogen-bond acceptors (Lipinski definition) is 3. The second-order valence-electron chi connectivity index (χ2n) is 6.05. The van der Waals surface area contributed by atoms with Crippen molar-refractivity contribution >= 4 is 11.8 Å². The van der Waals surface area contributed by atoms with Crippen LogP contribution in [0.4, 0.5) is 0 Å². The Morgan fingerprint density at radius 1 is 1.44 bits per heavy atom. The standard InChI is InChI=1S/C15H26O3/c1-4-18-14(17)7-5-6-8-15(3)10-12(2)9-13(16)11-15/h12H,4-11H2,1-3H3/t12-,15+/m0/s1. The molecule has 1 aliphatic carbocycles. The number of esters is 1. The number of unbranched alkanes of at least 4 members (excludes halogenated alkanes) is 1. The molecule has 0 unspecified atom stereocenters. The quantitative estimate of drug-likeness (QED) is 0.538. The summed E-state index contributed by atoms with van der Waals surface area (Å²) in [6, 6.07) is 0. The summed E-state index contributed by atoms with van der Waals surface area (Å²) in [5, 5.41) is 0. The van der Waals surface area contributed by atoms with E-state index in [1.54, 1.807) is 0 Å². The Labute approximate surface area is 110 Å². The van der Waals surface area contributed by atoms with Crippen LogP contribution >= 0.6 is 0 Å². The van der Waals surface area contributed by atoms with E-state index in [-0.39, 0.29) is 11.4 Å². The maximum absolute atomic E-state index is 11.6. The van der Waals surface area contributed by atoms with Gasteiger partial charge in [-0.2, -0.15) is 0 Å². The topological polar surface area (TPSA) is 43.4 Å². The highest BCUT2D eigenvalue weighted by Gasteiger charge is 2.34. The molecule has 0 heterocycles. The van der Waals surface area contributed by atoms with Crippen LogP contribution in [0, 0.1) is 11.3 Å². The fourth-order valence-corrected chi connectivity index (χ4v) is 3.17. The van der Waals surface area contributed by atoms with Crippen molar-refractivity contribution in [3.8, 4) is 0 Å². The summed E-state index contributed by atoms with van der Waals surface area (Å²) in [6.45, 7) is 6.66. The van der Waals surface area contributed by atoms with Gasteiger partial charge in [-0.15, -0.1) is 0 Å². The molecule has 0 N–H and O–H groups in total. The second-order valence-corrected chi connectivity index (χ2v) is 6.05. The van der Waals surface area contributed by atoms with E-state index in [0.717, 1.165) is 38.5 Å². The number of rotatable bonds is 6. The molecular weight excluding hydrogens is 228 g/mol. The van der Waals surface area contributed by atoms with Gasteiger partial charge in [0.05, 0.1) is 6.61 Å². The van der Waals surface area contributed by atoms with Gasteiger partial charge in [0.15, 0.2) is 0 Å². The molecule has 0 spiro atoms. The monoisotopic (exact) mass is 254 g/mol. The Morgan fingerprint density at radius 3 is 2.78 bits per heavy atom. The molecule has 0 aliphatic heterocycles. The van der Waals surface area contributed by atoms with Gasteiger partial charge in [0.1, 0.15) is 5.78 Å². The van der Waals surface area contributed by atoms with Crippen LogP contribution in [0.2, 0.25) is 0 Å². The maximum Gasteiger partial charge on any atom is 0.305 e. The first kappa shape index (κ1) is 15.2. The van der Waals surface area contributed by atoms with Crippen LogP contribution in [0.15, 0.2) is 0 Å². The van der Waals surface area contributed by atoms with E-state index < -0.39 is 0 Å². The zero-order valence-electron chi connectivity index (χ0n) is 12.0. The lowest BCUT2D eigenvalue weighted by Gasteiger charge is -2.36. The van der Waals surface area contributed by atoms with Crippen LogP contribution in [-0.2, 0) is 14.3 Å². The van der Waals surface area contributed by atoms with E-state index in [0.29, 0.717) is 24.7 Å². The van der Waals surface area contributed by atoms with E-state index in [4.69, 9.17) is 4.74 Å². The molecule has 1 fully saturated rings. The highest BCUT2D eigenvalue weighted by molar-refractivity contribution is 5.80. The molecule has 0 aromatic heterocycles. The van der Waals surface area contributed by atoms with Crippen LogP contribution in [0.1, 0.15) is 65.7 Å². The average molecular weight is 254 g/mol. The predicted molar refractivity (Wildman–Crippen MR) is 71.2 cm³/mol. The Bertz CT molecular complexity index is 298. The summed E-state index contributed by atoms with van der Waals surface area (Å²) in [7, 11) is 0. The largest absolute Gasteiger partial charge is 0.466 e. The molecule has 0 saturated heterocycles. The smallest absolute Gasteiger partial charge is 0.305 e. The average Bonchev–Trinajstić information content (AvgIpc) is 2.23. The van der Waals surface area contributed by atoms with Crippen molar-refractivity contribution in [2.24, 2.45) is 11.3 Å². The molecule has 0 bridgehead atoms. The SMILES string of the molecule is CCOC(=O)CCCC[C@@]1(C)CC(=O)C[C@H](C)C1. The number of ether oxygens (including phenoxy) is 1. The van der Waals surface area contributed by atoms with E-state index in [2.05, 4.69) is 13.8 Å². The first-order valence-electron chi connectivity index (χ1n) is 7.12. The Morgan fingerprint density at radius 2 is 2.17 bits per heavy atom. The van der Waals surface area contributed by atoms with Gasteiger partial charge in [0, 0.05) is 19.3 Å². The third-order valence-corrected chi connectivity index (χ3v) is 3.76. The van der Waals surface area contributed by atoms with E-state index in [9.17, 15) is 9.59 Å². The Hall–Kier alpha value is -0.860. The van der Waals surface area contributed by atoms with Crippen molar-refractivity contribution in [3.05, 3.63) is 0 Å². The van der Waals surface area contributed by atoms with Crippen LogP contribution < -0.4 is 0 Å². The summed E-state index contributed by atoms with van der Waals surface area (Å²) in [5.41, 5.74) is 0.156. The first-order valence-corrected chi connectivity index (χ1v) is 7.12. The minimum absolute atomic E-state index is 0.101. The first-order chi connectivity index (χ1) is 8.45. The highest BCUT2D eigenvalue weighted by Crippen LogP contribution is 2.41. The van der Waals surface area contributed by atoms with E-state index in [1.165, 1.54) is 0 Å². The summed E-state index contributed by atoms with van der Waals surface area (Å²) in [4.78, 5) is 22.8. The van der Waals surface area contributed by atoms with Gasteiger partial charge in [-0.05, 0) is 37.5 Å². The molecule has 0 amide bonds. The number of carbonyl (C=O) groups is 2. The fourth-order valence-electron chi connectivity index (χ4n) is 3.17. The van der Waals surface area contributed by atoms with Crippen LogP contribution in [0.5, 0.6) is 0 Å². The molecule has 1 saturated carbocycles. The summed E-state index contributed by atoms with van der Waals surface area (Å²) < 4.78 is 4.90. The zero-order valence-corrected chi connectivity index (χ0v) is 12.0. The number of Topliss-reactive ketones (excluding diaryl/α,β-unsaturated/α-hetero) is 1. The Balaban J connectivity index is 2.25. The molecule has 2 atom stereocenters. The van der Waals surface area contributed by atoms with Gasteiger partial charge in [0.25, 0.3) is 0 Å². The van der Waals surface area contributed by atoms with Crippen molar-refractivity contribution in [1.82, 2.24) is 0 Å². The third-order valence-electron chi connectivity index (χ3n) is 3.76. The summed E-state index contributed by atoms with van der Waals surface area (Å²) in [6.07, 6.45) is 6.04.